The van der Waals surface area contributed by atoms with Crippen LogP contribution in [0.1, 0.15) is 11.1 Å². The third-order valence-electron chi connectivity index (χ3n) is 4.12. The summed E-state index contributed by atoms with van der Waals surface area (Å²) in [5.41, 5.74) is 1.63. The smallest absolute Gasteiger partial charge is 0.331 e. The summed E-state index contributed by atoms with van der Waals surface area (Å²) in [5, 5.41) is 0. The SMILES string of the molecule is O=C(/C=C/c1ccc(S(=O)(=O)N2CCOCC2)cc1)OCc1ccccc1. The predicted molar refractivity (Wildman–Crippen MR) is 101 cm³/mol. The molecule has 3 rings (SSSR count). The van der Waals surface area contributed by atoms with Gasteiger partial charge in [0.2, 0.25) is 10.0 Å². The van der Waals surface area contributed by atoms with Crippen LogP contribution < -0.4 is 0 Å². The van der Waals surface area contributed by atoms with Crippen LogP contribution in [0.3, 0.4) is 0 Å². The zero-order valence-electron chi connectivity index (χ0n) is 14.8. The van der Waals surface area contributed by atoms with Gasteiger partial charge in [-0.15, -0.1) is 0 Å². The van der Waals surface area contributed by atoms with E-state index in [1.165, 1.54) is 10.4 Å². The fourth-order valence-electron chi connectivity index (χ4n) is 2.63. The van der Waals surface area contributed by atoms with E-state index in [4.69, 9.17) is 9.47 Å². The second-order valence-electron chi connectivity index (χ2n) is 6.01. The Labute approximate surface area is 159 Å². The summed E-state index contributed by atoms with van der Waals surface area (Å²) < 4.78 is 36.9. The van der Waals surface area contributed by atoms with Crippen LogP contribution in [0.15, 0.2) is 65.6 Å². The monoisotopic (exact) mass is 387 g/mol. The van der Waals surface area contributed by atoms with Gasteiger partial charge in [0.05, 0.1) is 18.1 Å². The molecule has 0 saturated carbocycles. The molecule has 2 aromatic carbocycles. The Morgan fingerprint density at radius 1 is 1.04 bits per heavy atom. The molecule has 0 bridgehead atoms. The lowest BCUT2D eigenvalue weighted by Gasteiger charge is -2.26. The van der Waals surface area contributed by atoms with Crippen molar-refractivity contribution in [3.8, 4) is 0 Å². The maximum absolute atomic E-state index is 12.6. The van der Waals surface area contributed by atoms with Crippen molar-refractivity contribution in [1.29, 1.82) is 0 Å². The molecule has 1 aliphatic rings. The van der Waals surface area contributed by atoms with E-state index in [2.05, 4.69) is 0 Å². The first-order valence-electron chi connectivity index (χ1n) is 8.62. The lowest BCUT2D eigenvalue weighted by molar-refractivity contribution is -0.138. The Hall–Kier alpha value is -2.48. The van der Waals surface area contributed by atoms with Gasteiger partial charge in [0, 0.05) is 19.2 Å². The van der Waals surface area contributed by atoms with Crippen LogP contribution in [0.2, 0.25) is 0 Å². The van der Waals surface area contributed by atoms with Crippen LogP contribution in [0.4, 0.5) is 0 Å². The fraction of sp³-hybridized carbons (Fsp3) is 0.250. The zero-order chi connectivity index (χ0) is 19.1. The Morgan fingerprint density at radius 2 is 1.70 bits per heavy atom. The van der Waals surface area contributed by atoms with Gasteiger partial charge >= 0.3 is 5.97 Å². The Morgan fingerprint density at radius 3 is 2.37 bits per heavy atom. The standard InChI is InChI=1S/C20H21NO5S/c22-20(26-16-18-4-2-1-3-5-18)11-8-17-6-9-19(10-7-17)27(23,24)21-12-14-25-15-13-21/h1-11H,12-16H2/b11-8+. The first kappa shape index (κ1) is 19.3. The number of morpholine rings is 1. The summed E-state index contributed by atoms with van der Waals surface area (Å²) in [6.07, 6.45) is 2.92. The molecule has 1 aliphatic heterocycles. The minimum atomic E-state index is -3.51. The molecule has 0 unspecified atom stereocenters. The van der Waals surface area contributed by atoms with Gasteiger partial charge in [0.25, 0.3) is 0 Å². The van der Waals surface area contributed by atoms with E-state index in [9.17, 15) is 13.2 Å². The number of carbonyl (C=O) groups excluding carboxylic acids is 1. The molecule has 1 heterocycles. The molecule has 2 aromatic rings. The third-order valence-corrected chi connectivity index (χ3v) is 6.04. The molecule has 7 heteroatoms. The van der Waals surface area contributed by atoms with E-state index in [0.717, 1.165) is 5.56 Å². The highest BCUT2D eigenvalue weighted by Crippen LogP contribution is 2.18. The van der Waals surface area contributed by atoms with E-state index in [1.54, 1.807) is 30.3 Å². The molecule has 6 nitrogen and oxygen atoms in total. The molecule has 0 N–H and O–H groups in total. The summed E-state index contributed by atoms with van der Waals surface area (Å²) in [5.74, 6) is -0.455. The van der Waals surface area contributed by atoms with Crippen molar-refractivity contribution in [2.24, 2.45) is 0 Å². The van der Waals surface area contributed by atoms with Gasteiger partial charge in [-0.05, 0) is 29.3 Å². The number of sulfonamides is 1. The lowest BCUT2D eigenvalue weighted by Crippen LogP contribution is -2.40. The van der Waals surface area contributed by atoms with E-state index in [0.29, 0.717) is 31.9 Å². The molecule has 0 atom stereocenters. The maximum Gasteiger partial charge on any atom is 0.331 e. The minimum absolute atomic E-state index is 0.209. The lowest BCUT2D eigenvalue weighted by atomic mass is 10.2. The van der Waals surface area contributed by atoms with Crippen LogP contribution in [0, 0.1) is 0 Å². The molecule has 0 radical (unpaired) electrons. The predicted octanol–water partition coefficient (Wildman–Crippen LogP) is 2.46. The van der Waals surface area contributed by atoms with Gasteiger partial charge in [-0.3, -0.25) is 0 Å². The van der Waals surface area contributed by atoms with Gasteiger partial charge in [0.1, 0.15) is 6.61 Å². The molecule has 0 spiro atoms. The highest BCUT2D eigenvalue weighted by molar-refractivity contribution is 7.89. The molecule has 142 valence electrons. The van der Waals surface area contributed by atoms with Crippen molar-refractivity contribution in [3.63, 3.8) is 0 Å². The quantitative estimate of drug-likeness (QED) is 0.562. The van der Waals surface area contributed by atoms with Gasteiger partial charge in [-0.2, -0.15) is 4.31 Å². The van der Waals surface area contributed by atoms with Crippen molar-refractivity contribution in [3.05, 3.63) is 71.8 Å². The van der Waals surface area contributed by atoms with Crippen LogP contribution >= 0.6 is 0 Å². The number of hydrogen-bond donors (Lipinski definition) is 0. The van der Waals surface area contributed by atoms with E-state index < -0.39 is 16.0 Å². The Balaban J connectivity index is 1.58. The number of benzene rings is 2. The fourth-order valence-corrected chi connectivity index (χ4v) is 4.04. The van der Waals surface area contributed by atoms with E-state index in [-0.39, 0.29) is 11.5 Å². The average Bonchev–Trinajstić information content (AvgIpc) is 2.72. The number of ether oxygens (including phenoxy) is 2. The number of rotatable bonds is 6. The highest BCUT2D eigenvalue weighted by Gasteiger charge is 2.25. The molecule has 0 aromatic heterocycles. The maximum atomic E-state index is 12.6. The van der Waals surface area contributed by atoms with Gasteiger partial charge in [-0.25, -0.2) is 13.2 Å². The van der Waals surface area contributed by atoms with Crippen molar-refractivity contribution < 1.29 is 22.7 Å². The summed E-state index contributed by atoms with van der Waals surface area (Å²) >= 11 is 0. The number of carbonyl (C=O) groups is 1. The molecule has 0 amide bonds. The highest BCUT2D eigenvalue weighted by atomic mass is 32.2. The van der Waals surface area contributed by atoms with Gasteiger partial charge in [0.15, 0.2) is 0 Å². The van der Waals surface area contributed by atoms with Crippen molar-refractivity contribution in [2.45, 2.75) is 11.5 Å². The summed E-state index contributed by atoms with van der Waals surface area (Å²) in [4.78, 5) is 12.0. The molecular weight excluding hydrogens is 366 g/mol. The van der Waals surface area contributed by atoms with Gasteiger partial charge < -0.3 is 9.47 Å². The number of esters is 1. The molecule has 0 aliphatic carbocycles. The van der Waals surface area contributed by atoms with Gasteiger partial charge in [-0.1, -0.05) is 42.5 Å². The van der Waals surface area contributed by atoms with E-state index >= 15 is 0 Å². The second kappa shape index (κ2) is 8.94. The second-order valence-corrected chi connectivity index (χ2v) is 7.95. The topological polar surface area (TPSA) is 72.9 Å². The van der Waals surface area contributed by atoms with Crippen molar-refractivity contribution in [2.75, 3.05) is 26.3 Å². The summed E-state index contributed by atoms with van der Waals surface area (Å²) in [7, 11) is -3.51. The number of hydrogen-bond acceptors (Lipinski definition) is 5. The molecule has 1 fully saturated rings. The first-order chi connectivity index (χ1) is 13.1. The van der Waals surface area contributed by atoms with Crippen molar-refractivity contribution >= 4 is 22.1 Å². The van der Waals surface area contributed by atoms with Crippen LogP contribution in [-0.4, -0.2) is 45.0 Å². The summed E-state index contributed by atoms with van der Waals surface area (Å²) in [6, 6.07) is 15.8. The third kappa shape index (κ3) is 5.26. The zero-order valence-corrected chi connectivity index (χ0v) is 15.6. The number of nitrogens with zero attached hydrogens (tertiary/aromatic N) is 1. The van der Waals surface area contributed by atoms with Crippen molar-refractivity contribution in [1.82, 2.24) is 4.31 Å². The van der Waals surface area contributed by atoms with Crippen LogP contribution in [0.5, 0.6) is 0 Å². The molecule has 1 saturated heterocycles. The van der Waals surface area contributed by atoms with Crippen LogP contribution in [-0.2, 0) is 30.9 Å². The molecular formula is C20H21NO5S. The van der Waals surface area contributed by atoms with Crippen LogP contribution in [0.25, 0.3) is 6.08 Å². The summed E-state index contributed by atoms with van der Waals surface area (Å²) in [6.45, 7) is 1.74. The largest absolute Gasteiger partial charge is 0.458 e. The Bertz CT molecular complexity index is 886. The average molecular weight is 387 g/mol. The van der Waals surface area contributed by atoms with E-state index in [1.807, 2.05) is 30.3 Å². The normalized spacial score (nSPS) is 15.7. The Kier molecular flexibility index (Phi) is 6.39. The molecule has 27 heavy (non-hydrogen) atoms. The minimum Gasteiger partial charge on any atom is -0.458 e. The first-order valence-corrected chi connectivity index (χ1v) is 10.1.